The van der Waals surface area contributed by atoms with Crippen LogP contribution in [0, 0.1) is 6.92 Å². The van der Waals surface area contributed by atoms with E-state index >= 15 is 0 Å². The summed E-state index contributed by atoms with van der Waals surface area (Å²) < 4.78 is 2.66. The van der Waals surface area contributed by atoms with Gasteiger partial charge in [0.05, 0.1) is 10.7 Å². The molecule has 3 aromatic rings. The van der Waals surface area contributed by atoms with E-state index in [9.17, 15) is 4.79 Å². The van der Waals surface area contributed by atoms with E-state index in [4.69, 9.17) is 23.2 Å². The van der Waals surface area contributed by atoms with Gasteiger partial charge in [-0.3, -0.25) is 9.48 Å². The van der Waals surface area contributed by atoms with Gasteiger partial charge in [-0.2, -0.15) is 5.10 Å². The number of benzene rings is 1. The molecule has 0 unspecified atom stereocenters. The molecule has 0 spiro atoms. The van der Waals surface area contributed by atoms with Gasteiger partial charge in [0.15, 0.2) is 0 Å². The van der Waals surface area contributed by atoms with Gasteiger partial charge in [-0.05, 0) is 19.1 Å². The number of rotatable bonds is 3. The lowest BCUT2D eigenvalue weighted by atomic mass is 10.2. The van der Waals surface area contributed by atoms with Gasteiger partial charge in [0.1, 0.15) is 4.88 Å². The Kier molecular flexibility index (Phi) is 4.36. The molecule has 0 aliphatic rings. The van der Waals surface area contributed by atoms with Crippen LogP contribution >= 0.6 is 34.5 Å². The van der Waals surface area contributed by atoms with Crippen LogP contribution < -0.4 is 0 Å². The molecule has 7 heteroatoms. The Morgan fingerprint density at radius 1 is 1.39 bits per heavy atom. The molecule has 0 aliphatic carbocycles. The van der Waals surface area contributed by atoms with Crippen LogP contribution in [0.3, 0.4) is 0 Å². The minimum atomic E-state index is -0.101. The van der Waals surface area contributed by atoms with Crippen molar-refractivity contribution in [3.05, 3.63) is 50.6 Å². The first kappa shape index (κ1) is 16.3. The zero-order chi connectivity index (χ0) is 16.7. The van der Waals surface area contributed by atoms with Crippen LogP contribution in [0.4, 0.5) is 0 Å². The number of halogens is 2. The van der Waals surface area contributed by atoms with Crippen molar-refractivity contribution in [1.82, 2.24) is 14.7 Å². The lowest BCUT2D eigenvalue weighted by Gasteiger charge is -2.16. The first-order chi connectivity index (χ1) is 10.9. The zero-order valence-electron chi connectivity index (χ0n) is 12.9. The summed E-state index contributed by atoms with van der Waals surface area (Å²) in [5.74, 6) is -0.101. The first-order valence-electron chi connectivity index (χ1n) is 6.99. The largest absolute Gasteiger partial charge is 0.337 e. The van der Waals surface area contributed by atoms with Crippen molar-refractivity contribution < 1.29 is 4.79 Å². The van der Waals surface area contributed by atoms with Crippen LogP contribution in [-0.4, -0.2) is 27.6 Å². The van der Waals surface area contributed by atoms with Crippen LogP contribution in [0.5, 0.6) is 0 Å². The molecule has 2 heterocycles. The summed E-state index contributed by atoms with van der Waals surface area (Å²) in [7, 11) is 3.63. The summed E-state index contributed by atoms with van der Waals surface area (Å²) in [5.41, 5.74) is 1.94. The van der Waals surface area contributed by atoms with E-state index in [0.29, 0.717) is 21.5 Å². The average Bonchev–Trinajstić information content (AvgIpc) is 2.97. The van der Waals surface area contributed by atoms with Crippen molar-refractivity contribution in [3.63, 3.8) is 0 Å². The number of amides is 1. The summed E-state index contributed by atoms with van der Waals surface area (Å²) in [6, 6.07) is 5.45. The highest BCUT2D eigenvalue weighted by molar-refractivity contribution is 7.21. The zero-order valence-corrected chi connectivity index (χ0v) is 15.3. The Bertz CT molecular complexity index is 900. The third kappa shape index (κ3) is 3.09. The molecule has 4 nitrogen and oxygen atoms in total. The Labute approximate surface area is 148 Å². The van der Waals surface area contributed by atoms with Gasteiger partial charge in [0.2, 0.25) is 0 Å². The van der Waals surface area contributed by atoms with Gasteiger partial charge in [-0.25, -0.2) is 0 Å². The second-order valence-corrected chi connectivity index (χ2v) is 7.33. The summed E-state index contributed by atoms with van der Waals surface area (Å²) >= 11 is 13.8. The molecular formula is C16H15Cl2N3OS. The summed E-state index contributed by atoms with van der Waals surface area (Å²) in [5, 5.41) is 6.28. The van der Waals surface area contributed by atoms with Crippen LogP contribution in [0.1, 0.15) is 20.9 Å². The number of thiophene rings is 1. The molecule has 2 aromatic heterocycles. The van der Waals surface area contributed by atoms with Crippen molar-refractivity contribution >= 4 is 50.5 Å². The summed E-state index contributed by atoms with van der Waals surface area (Å²) in [6.45, 7) is 2.42. The number of hydrogen-bond donors (Lipinski definition) is 0. The van der Waals surface area contributed by atoms with E-state index in [1.807, 2.05) is 32.3 Å². The maximum absolute atomic E-state index is 12.7. The normalized spacial score (nSPS) is 11.2. The molecule has 3 rings (SSSR count). The number of fused-ring (bicyclic) bond motifs is 1. The van der Waals surface area contributed by atoms with E-state index in [0.717, 1.165) is 21.3 Å². The molecule has 120 valence electrons. The highest BCUT2D eigenvalue weighted by Gasteiger charge is 2.21. The van der Waals surface area contributed by atoms with Gasteiger partial charge < -0.3 is 4.90 Å². The van der Waals surface area contributed by atoms with Gasteiger partial charge in [0.25, 0.3) is 5.91 Å². The van der Waals surface area contributed by atoms with E-state index in [-0.39, 0.29) is 5.91 Å². The third-order valence-corrected chi connectivity index (χ3v) is 5.54. The van der Waals surface area contributed by atoms with Gasteiger partial charge in [-0.1, -0.05) is 29.3 Å². The van der Waals surface area contributed by atoms with Crippen LogP contribution in [0.2, 0.25) is 10.0 Å². The monoisotopic (exact) mass is 367 g/mol. The fourth-order valence-electron chi connectivity index (χ4n) is 2.48. The van der Waals surface area contributed by atoms with Gasteiger partial charge in [-0.15, -0.1) is 11.3 Å². The molecule has 0 saturated heterocycles. The van der Waals surface area contributed by atoms with E-state index in [1.165, 1.54) is 11.3 Å². The topological polar surface area (TPSA) is 38.1 Å². The van der Waals surface area contributed by atoms with Crippen molar-refractivity contribution in [3.8, 4) is 0 Å². The molecule has 0 radical (unpaired) electrons. The Balaban J connectivity index is 1.90. The predicted octanol–water partition coefficient (Wildman–Crippen LogP) is 4.52. The Hall–Kier alpha value is -1.56. The molecule has 1 amide bonds. The van der Waals surface area contributed by atoms with Crippen LogP contribution in [0.15, 0.2) is 24.4 Å². The number of aromatic nitrogens is 2. The summed E-state index contributed by atoms with van der Waals surface area (Å²) in [6.07, 6.45) is 1.92. The van der Waals surface area contributed by atoms with E-state index in [2.05, 4.69) is 5.10 Å². The lowest BCUT2D eigenvalue weighted by Crippen LogP contribution is -2.25. The van der Waals surface area contributed by atoms with Crippen molar-refractivity contribution in [2.24, 2.45) is 7.05 Å². The van der Waals surface area contributed by atoms with Crippen molar-refractivity contribution in [1.29, 1.82) is 0 Å². The molecule has 1 aromatic carbocycles. The average molecular weight is 368 g/mol. The van der Waals surface area contributed by atoms with E-state index < -0.39 is 0 Å². The lowest BCUT2D eigenvalue weighted by molar-refractivity contribution is 0.0790. The predicted molar refractivity (Wildman–Crippen MR) is 95.6 cm³/mol. The second-order valence-electron chi connectivity index (χ2n) is 5.46. The Morgan fingerprint density at radius 3 is 2.78 bits per heavy atom. The SMILES string of the molecule is Cc1nn(C)cc1CN(C)C(=O)c1sc2cc(Cl)ccc2c1Cl. The standard InChI is InChI=1S/C16H15Cl2N3OS/c1-9-10(8-21(3)19-9)7-20(2)16(22)15-14(18)12-5-4-11(17)6-13(12)23-15/h4-6,8H,7H2,1-3H3. The van der Waals surface area contributed by atoms with Gasteiger partial charge in [0, 0.05) is 47.5 Å². The number of carbonyl (C=O) groups excluding carboxylic acids is 1. The smallest absolute Gasteiger partial charge is 0.265 e. The summed E-state index contributed by atoms with van der Waals surface area (Å²) in [4.78, 5) is 14.9. The highest BCUT2D eigenvalue weighted by Crippen LogP contribution is 2.37. The molecule has 23 heavy (non-hydrogen) atoms. The molecule has 0 fully saturated rings. The first-order valence-corrected chi connectivity index (χ1v) is 8.56. The minimum Gasteiger partial charge on any atom is -0.337 e. The van der Waals surface area contributed by atoms with Crippen molar-refractivity contribution in [2.45, 2.75) is 13.5 Å². The van der Waals surface area contributed by atoms with Crippen LogP contribution in [0.25, 0.3) is 10.1 Å². The number of hydrogen-bond acceptors (Lipinski definition) is 3. The quantitative estimate of drug-likeness (QED) is 0.682. The maximum Gasteiger partial charge on any atom is 0.265 e. The number of nitrogens with zero attached hydrogens (tertiary/aromatic N) is 3. The molecule has 0 bridgehead atoms. The second kappa shape index (κ2) is 6.15. The highest BCUT2D eigenvalue weighted by atomic mass is 35.5. The molecule has 0 aliphatic heterocycles. The fraction of sp³-hybridized carbons (Fsp3) is 0.250. The van der Waals surface area contributed by atoms with Crippen molar-refractivity contribution in [2.75, 3.05) is 7.05 Å². The number of carbonyl (C=O) groups is 1. The maximum atomic E-state index is 12.7. The Morgan fingerprint density at radius 2 is 2.13 bits per heavy atom. The van der Waals surface area contributed by atoms with E-state index in [1.54, 1.807) is 22.7 Å². The molecule has 0 N–H and O–H groups in total. The fourth-order valence-corrected chi connectivity index (χ4v) is 4.26. The van der Waals surface area contributed by atoms with Crippen LogP contribution in [-0.2, 0) is 13.6 Å². The molecule has 0 atom stereocenters. The number of aryl methyl sites for hydroxylation is 2. The van der Waals surface area contributed by atoms with Gasteiger partial charge >= 0.3 is 0 Å². The molecule has 0 saturated carbocycles. The minimum absolute atomic E-state index is 0.101. The molecular weight excluding hydrogens is 353 g/mol. The third-order valence-electron chi connectivity index (χ3n) is 3.66.